The third-order valence-electron chi connectivity index (χ3n) is 3.23. The van der Waals surface area contributed by atoms with Crippen molar-refractivity contribution in [1.29, 1.82) is 0 Å². The summed E-state index contributed by atoms with van der Waals surface area (Å²) in [4.78, 5) is 22.3. The lowest BCUT2D eigenvalue weighted by atomic mass is 10.2. The summed E-state index contributed by atoms with van der Waals surface area (Å²) in [5.41, 5.74) is 0.546. The SMILES string of the molecule is CCc1cc2c(Oc3cccc(C(=O)NC)c3)ncnc2s1. The van der Waals surface area contributed by atoms with Crippen molar-refractivity contribution in [2.45, 2.75) is 13.3 Å². The first-order valence-electron chi connectivity index (χ1n) is 6.94. The lowest BCUT2D eigenvalue weighted by Crippen LogP contribution is -2.17. The highest BCUT2D eigenvalue weighted by molar-refractivity contribution is 7.18. The first-order chi connectivity index (χ1) is 10.7. The number of ether oxygens (including phenoxy) is 1. The van der Waals surface area contributed by atoms with Gasteiger partial charge in [-0.25, -0.2) is 9.97 Å². The van der Waals surface area contributed by atoms with Gasteiger partial charge >= 0.3 is 0 Å². The molecule has 0 bridgehead atoms. The summed E-state index contributed by atoms with van der Waals surface area (Å²) in [7, 11) is 1.60. The fourth-order valence-corrected chi connectivity index (χ4v) is 3.02. The third-order valence-corrected chi connectivity index (χ3v) is 4.42. The summed E-state index contributed by atoms with van der Waals surface area (Å²) in [6.45, 7) is 2.10. The Morgan fingerprint density at radius 3 is 2.95 bits per heavy atom. The Labute approximate surface area is 132 Å². The Hall–Kier alpha value is -2.47. The maximum atomic E-state index is 11.7. The van der Waals surface area contributed by atoms with Gasteiger partial charge in [0, 0.05) is 17.5 Å². The van der Waals surface area contributed by atoms with Gasteiger partial charge in [0.15, 0.2) is 0 Å². The van der Waals surface area contributed by atoms with E-state index in [1.807, 2.05) is 0 Å². The summed E-state index contributed by atoms with van der Waals surface area (Å²) in [6.07, 6.45) is 2.45. The molecule has 22 heavy (non-hydrogen) atoms. The summed E-state index contributed by atoms with van der Waals surface area (Å²) in [6, 6.07) is 9.07. The molecule has 3 aromatic rings. The number of carbonyl (C=O) groups excluding carboxylic acids is 1. The average Bonchev–Trinajstić information content (AvgIpc) is 2.99. The van der Waals surface area contributed by atoms with Gasteiger partial charge in [-0.15, -0.1) is 11.3 Å². The van der Waals surface area contributed by atoms with E-state index in [1.54, 1.807) is 42.6 Å². The summed E-state index contributed by atoms with van der Waals surface area (Å²) < 4.78 is 5.86. The van der Waals surface area contributed by atoms with Gasteiger partial charge in [0.2, 0.25) is 5.88 Å². The first kappa shape index (κ1) is 14.5. The summed E-state index contributed by atoms with van der Waals surface area (Å²) in [5.74, 6) is 0.933. The van der Waals surface area contributed by atoms with E-state index in [0.29, 0.717) is 17.2 Å². The second-order valence-corrected chi connectivity index (χ2v) is 5.79. The van der Waals surface area contributed by atoms with E-state index in [0.717, 1.165) is 16.6 Å². The summed E-state index contributed by atoms with van der Waals surface area (Å²) in [5, 5.41) is 3.49. The monoisotopic (exact) mass is 313 g/mol. The number of nitrogens with zero attached hydrogens (tertiary/aromatic N) is 2. The molecule has 1 aromatic carbocycles. The highest BCUT2D eigenvalue weighted by atomic mass is 32.1. The molecule has 1 amide bonds. The molecule has 5 nitrogen and oxygen atoms in total. The van der Waals surface area contributed by atoms with E-state index in [4.69, 9.17) is 4.74 Å². The van der Waals surface area contributed by atoms with E-state index in [9.17, 15) is 4.79 Å². The fourth-order valence-electron chi connectivity index (χ4n) is 2.10. The highest BCUT2D eigenvalue weighted by Crippen LogP contribution is 2.32. The molecular formula is C16H15N3O2S. The van der Waals surface area contributed by atoms with Gasteiger partial charge in [-0.3, -0.25) is 4.79 Å². The van der Waals surface area contributed by atoms with Gasteiger partial charge in [-0.2, -0.15) is 0 Å². The van der Waals surface area contributed by atoms with Crippen molar-refractivity contribution in [1.82, 2.24) is 15.3 Å². The molecule has 0 radical (unpaired) electrons. The molecule has 0 saturated heterocycles. The number of aryl methyl sites for hydroxylation is 1. The Kier molecular flexibility index (Phi) is 4.02. The Bertz CT molecular complexity index is 829. The van der Waals surface area contributed by atoms with E-state index < -0.39 is 0 Å². The van der Waals surface area contributed by atoms with Crippen molar-refractivity contribution in [2.24, 2.45) is 0 Å². The molecule has 0 aliphatic heterocycles. The number of carbonyl (C=O) groups is 1. The van der Waals surface area contributed by atoms with Gasteiger partial charge in [-0.1, -0.05) is 13.0 Å². The van der Waals surface area contributed by atoms with Gasteiger partial charge in [0.1, 0.15) is 16.9 Å². The molecule has 0 unspecified atom stereocenters. The number of thiophene rings is 1. The van der Waals surface area contributed by atoms with Crippen LogP contribution >= 0.6 is 11.3 Å². The van der Waals surface area contributed by atoms with Crippen molar-refractivity contribution in [3.8, 4) is 11.6 Å². The smallest absolute Gasteiger partial charge is 0.251 e. The topological polar surface area (TPSA) is 64.1 Å². The molecule has 2 heterocycles. The molecule has 0 saturated carbocycles. The predicted octanol–water partition coefficient (Wildman–Crippen LogP) is 3.41. The van der Waals surface area contributed by atoms with Gasteiger partial charge in [-0.05, 0) is 30.7 Å². The van der Waals surface area contributed by atoms with Crippen LogP contribution in [-0.2, 0) is 6.42 Å². The molecule has 0 spiro atoms. The van der Waals surface area contributed by atoms with Crippen molar-refractivity contribution in [2.75, 3.05) is 7.05 Å². The lowest BCUT2D eigenvalue weighted by Gasteiger charge is -2.07. The van der Waals surface area contributed by atoms with Crippen LogP contribution < -0.4 is 10.1 Å². The van der Waals surface area contributed by atoms with E-state index in [2.05, 4.69) is 28.3 Å². The number of hydrogen-bond donors (Lipinski definition) is 1. The molecule has 2 aromatic heterocycles. The number of rotatable bonds is 4. The predicted molar refractivity (Wildman–Crippen MR) is 86.7 cm³/mol. The maximum Gasteiger partial charge on any atom is 0.251 e. The Morgan fingerprint density at radius 1 is 1.32 bits per heavy atom. The van der Waals surface area contributed by atoms with Gasteiger partial charge in [0.05, 0.1) is 5.39 Å². The molecule has 0 fully saturated rings. The van der Waals surface area contributed by atoms with Crippen LogP contribution in [0.15, 0.2) is 36.7 Å². The van der Waals surface area contributed by atoms with Crippen molar-refractivity contribution >= 4 is 27.5 Å². The zero-order chi connectivity index (χ0) is 15.5. The minimum atomic E-state index is -0.151. The zero-order valence-electron chi connectivity index (χ0n) is 12.3. The van der Waals surface area contributed by atoms with Crippen molar-refractivity contribution in [3.63, 3.8) is 0 Å². The Morgan fingerprint density at radius 2 is 2.18 bits per heavy atom. The second-order valence-electron chi connectivity index (χ2n) is 4.67. The van der Waals surface area contributed by atoms with E-state index in [1.165, 1.54) is 11.2 Å². The van der Waals surface area contributed by atoms with Crippen LogP contribution in [0.5, 0.6) is 11.6 Å². The van der Waals surface area contributed by atoms with Gasteiger partial charge < -0.3 is 10.1 Å². The number of benzene rings is 1. The minimum Gasteiger partial charge on any atom is -0.438 e. The minimum absolute atomic E-state index is 0.151. The third kappa shape index (κ3) is 2.78. The van der Waals surface area contributed by atoms with Crippen LogP contribution in [0, 0.1) is 0 Å². The number of nitrogens with one attached hydrogen (secondary N) is 1. The van der Waals surface area contributed by atoms with Crippen LogP contribution in [-0.4, -0.2) is 22.9 Å². The molecule has 3 rings (SSSR count). The van der Waals surface area contributed by atoms with Crippen LogP contribution in [0.2, 0.25) is 0 Å². The number of amides is 1. The molecule has 0 atom stereocenters. The maximum absolute atomic E-state index is 11.7. The molecule has 1 N–H and O–H groups in total. The van der Waals surface area contributed by atoms with Crippen LogP contribution in [0.25, 0.3) is 10.2 Å². The Balaban J connectivity index is 1.96. The molecule has 6 heteroatoms. The normalized spacial score (nSPS) is 10.6. The molecular weight excluding hydrogens is 298 g/mol. The molecule has 112 valence electrons. The lowest BCUT2D eigenvalue weighted by molar-refractivity contribution is 0.0963. The molecule has 0 aliphatic rings. The van der Waals surface area contributed by atoms with E-state index >= 15 is 0 Å². The van der Waals surface area contributed by atoms with Crippen LogP contribution in [0.1, 0.15) is 22.2 Å². The number of aromatic nitrogens is 2. The zero-order valence-corrected chi connectivity index (χ0v) is 13.1. The van der Waals surface area contributed by atoms with Crippen molar-refractivity contribution in [3.05, 3.63) is 47.1 Å². The fraction of sp³-hybridized carbons (Fsp3) is 0.188. The van der Waals surface area contributed by atoms with E-state index in [-0.39, 0.29) is 5.91 Å². The van der Waals surface area contributed by atoms with Gasteiger partial charge in [0.25, 0.3) is 5.91 Å². The van der Waals surface area contributed by atoms with Crippen molar-refractivity contribution < 1.29 is 9.53 Å². The second kappa shape index (κ2) is 6.11. The number of hydrogen-bond acceptors (Lipinski definition) is 5. The van der Waals surface area contributed by atoms with Crippen LogP contribution in [0.4, 0.5) is 0 Å². The highest BCUT2D eigenvalue weighted by Gasteiger charge is 2.11. The first-order valence-corrected chi connectivity index (χ1v) is 7.76. The standard InChI is InChI=1S/C16H15N3O2S/c1-3-12-8-13-15(18-9-19-16(13)22-12)21-11-6-4-5-10(7-11)14(20)17-2/h4-9H,3H2,1-2H3,(H,17,20). The summed E-state index contributed by atoms with van der Waals surface area (Å²) >= 11 is 1.64. The average molecular weight is 313 g/mol. The molecule has 0 aliphatic carbocycles. The number of fused-ring (bicyclic) bond motifs is 1. The van der Waals surface area contributed by atoms with Crippen LogP contribution in [0.3, 0.4) is 0 Å². The largest absolute Gasteiger partial charge is 0.438 e. The quantitative estimate of drug-likeness (QED) is 0.801.